The van der Waals surface area contributed by atoms with Gasteiger partial charge in [-0.2, -0.15) is 4.68 Å². The zero-order valence-electron chi connectivity index (χ0n) is 13.8. The van der Waals surface area contributed by atoms with Gasteiger partial charge in [-0.1, -0.05) is 6.92 Å². The van der Waals surface area contributed by atoms with Crippen molar-refractivity contribution in [2.24, 2.45) is 5.92 Å². The van der Waals surface area contributed by atoms with E-state index in [4.69, 9.17) is 12.2 Å². The molecule has 8 heteroatoms. The third-order valence-electron chi connectivity index (χ3n) is 4.53. The van der Waals surface area contributed by atoms with Crippen LogP contribution in [-0.4, -0.2) is 15.6 Å². The maximum absolute atomic E-state index is 13.0. The lowest BCUT2D eigenvalue weighted by molar-refractivity contribution is 0.101. The van der Waals surface area contributed by atoms with E-state index in [0.29, 0.717) is 16.2 Å². The maximum Gasteiger partial charge on any atom is 0.282 e. The third-order valence-corrected chi connectivity index (χ3v) is 6.98. The summed E-state index contributed by atoms with van der Waals surface area (Å²) in [6.07, 6.45) is 2.97. The van der Waals surface area contributed by atoms with E-state index in [-0.39, 0.29) is 16.2 Å². The van der Waals surface area contributed by atoms with Gasteiger partial charge < -0.3 is 4.98 Å². The average molecular weight is 392 g/mol. The summed E-state index contributed by atoms with van der Waals surface area (Å²) in [4.78, 5) is 32.2. The lowest BCUT2D eigenvalue weighted by atomic mass is 9.89. The van der Waals surface area contributed by atoms with Crippen molar-refractivity contribution in [3.8, 4) is 0 Å². The van der Waals surface area contributed by atoms with Gasteiger partial charge in [0.2, 0.25) is 4.77 Å². The Labute approximate surface area is 157 Å². The predicted octanol–water partition coefficient (Wildman–Crippen LogP) is 4.00. The fraction of sp³-hybridized carbons (Fsp3) is 0.353. The number of aromatic nitrogens is 2. The molecule has 3 heterocycles. The van der Waals surface area contributed by atoms with Crippen LogP contribution in [0.1, 0.15) is 38.3 Å². The molecule has 0 fully saturated rings. The van der Waals surface area contributed by atoms with E-state index in [0.717, 1.165) is 34.5 Å². The quantitative estimate of drug-likeness (QED) is 0.649. The van der Waals surface area contributed by atoms with E-state index in [1.807, 2.05) is 13.0 Å². The number of aryl methyl sites for hydroxylation is 2. The van der Waals surface area contributed by atoms with Gasteiger partial charge in [-0.15, -0.1) is 22.7 Å². The van der Waals surface area contributed by atoms with E-state index < -0.39 is 0 Å². The second kappa shape index (κ2) is 6.19. The van der Waals surface area contributed by atoms with Crippen LogP contribution in [0, 0.1) is 17.6 Å². The molecular weight excluding hydrogens is 374 g/mol. The summed E-state index contributed by atoms with van der Waals surface area (Å²) < 4.78 is 1.38. The van der Waals surface area contributed by atoms with Crippen molar-refractivity contribution in [2.45, 2.75) is 33.1 Å². The predicted molar refractivity (Wildman–Crippen MR) is 105 cm³/mol. The molecule has 0 spiro atoms. The highest BCUT2D eigenvalue weighted by molar-refractivity contribution is 7.71. The fourth-order valence-electron chi connectivity index (χ4n) is 3.24. The van der Waals surface area contributed by atoms with Gasteiger partial charge in [0.05, 0.1) is 10.3 Å². The van der Waals surface area contributed by atoms with Gasteiger partial charge in [-0.3, -0.25) is 15.0 Å². The normalized spacial score (nSPS) is 16.8. The zero-order chi connectivity index (χ0) is 17.7. The van der Waals surface area contributed by atoms with Crippen LogP contribution in [0.5, 0.6) is 0 Å². The molecule has 0 saturated heterocycles. The van der Waals surface area contributed by atoms with Crippen LogP contribution in [0.15, 0.2) is 16.9 Å². The summed E-state index contributed by atoms with van der Waals surface area (Å²) in [5, 5.41) is 0.670. The number of hydrogen-bond donors (Lipinski definition) is 2. The number of hydrogen-bond acceptors (Lipinski definition) is 5. The molecule has 0 saturated carbocycles. The zero-order valence-corrected chi connectivity index (χ0v) is 16.3. The van der Waals surface area contributed by atoms with Gasteiger partial charge in [-0.25, -0.2) is 0 Å². The van der Waals surface area contributed by atoms with E-state index in [9.17, 15) is 9.59 Å². The molecule has 3 aromatic rings. The second-order valence-electron chi connectivity index (χ2n) is 6.48. The lowest BCUT2D eigenvalue weighted by Gasteiger charge is -2.17. The van der Waals surface area contributed by atoms with Crippen LogP contribution < -0.4 is 11.0 Å². The van der Waals surface area contributed by atoms with Gasteiger partial charge in [0, 0.05) is 9.75 Å². The summed E-state index contributed by atoms with van der Waals surface area (Å²) in [6, 6.07) is 3.63. The minimum absolute atomic E-state index is 0.214. The van der Waals surface area contributed by atoms with Crippen LogP contribution in [0.25, 0.3) is 10.2 Å². The molecule has 1 aliphatic carbocycles. The average Bonchev–Trinajstić information content (AvgIpc) is 3.14. The summed E-state index contributed by atoms with van der Waals surface area (Å²) in [6.45, 7) is 4.17. The fourth-order valence-corrected chi connectivity index (χ4v) is 5.69. The number of aromatic amines is 1. The molecule has 5 nitrogen and oxygen atoms in total. The first-order valence-corrected chi connectivity index (χ1v) is 10.2. The topological polar surface area (TPSA) is 66.9 Å². The highest BCUT2D eigenvalue weighted by Gasteiger charge is 2.23. The number of thiophene rings is 2. The minimum Gasteiger partial charge on any atom is -0.322 e. The number of carbonyl (C=O) groups is 1. The smallest absolute Gasteiger partial charge is 0.282 e. The Bertz CT molecular complexity index is 1100. The van der Waals surface area contributed by atoms with Crippen molar-refractivity contribution >= 4 is 51.0 Å². The molecule has 4 rings (SSSR count). The molecule has 0 unspecified atom stereocenters. The maximum atomic E-state index is 13.0. The molecule has 0 radical (unpaired) electrons. The molecule has 0 aromatic carbocycles. The first kappa shape index (κ1) is 16.7. The van der Waals surface area contributed by atoms with Crippen molar-refractivity contribution in [3.05, 3.63) is 47.5 Å². The SMILES string of the molecule is Cc1ccc(C(=O)Nn2c(=S)[nH]c3sc4c(c3c2=O)CC[C@H](C)C4)s1. The number of amides is 1. The Balaban J connectivity index is 1.81. The Morgan fingerprint density at radius 2 is 2.20 bits per heavy atom. The summed E-state index contributed by atoms with van der Waals surface area (Å²) in [5.74, 6) is 0.310. The highest BCUT2D eigenvalue weighted by atomic mass is 32.1. The third kappa shape index (κ3) is 2.88. The monoisotopic (exact) mass is 391 g/mol. The van der Waals surface area contributed by atoms with Crippen molar-refractivity contribution in [3.63, 3.8) is 0 Å². The lowest BCUT2D eigenvalue weighted by Crippen LogP contribution is -2.34. The Hall–Kier alpha value is -1.77. The van der Waals surface area contributed by atoms with Gasteiger partial charge >= 0.3 is 0 Å². The number of nitrogens with zero attached hydrogens (tertiary/aromatic N) is 1. The van der Waals surface area contributed by atoms with Crippen LogP contribution in [0.4, 0.5) is 0 Å². The van der Waals surface area contributed by atoms with E-state index in [1.165, 1.54) is 20.9 Å². The molecule has 25 heavy (non-hydrogen) atoms. The molecule has 2 N–H and O–H groups in total. The van der Waals surface area contributed by atoms with Crippen LogP contribution in [0.3, 0.4) is 0 Å². The number of fused-ring (bicyclic) bond motifs is 3. The first-order valence-electron chi connectivity index (χ1n) is 8.11. The molecule has 1 aliphatic rings. The van der Waals surface area contributed by atoms with Crippen molar-refractivity contribution < 1.29 is 4.79 Å². The number of H-pyrrole nitrogens is 1. The minimum atomic E-state index is -0.322. The summed E-state index contributed by atoms with van der Waals surface area (Å²) >= 11 is 8.31. The van der Waals surface area contributed by atoms with E-state index in [1.54, 1.807) is 17.4 Å². The highest BCUT2D eigenvalue weighted by Crippen LogP contribution is 2.35. The number of carbonyl (C=O) groups excluding carboxylic acids is 1. The van der Waals surface area contributed by atoms with Crippen molar-refractivity contribution in [1.29, 1.82) is 0 Å². The number of rotatable bonds is 2. The molecule has 130 valence electrons. The van der Waals surface area contributed by atoms with Crippen molar-refractivity contribution in [1.82, 2.24) is 9.66 Å². The summed E-state index contributed by atoms with van der Waals surface area (Å²) in [7, 11) is 0. The Morgan fingerprint density at radius 3 is 2.92 bits per heavy atom. The van der Waals surface area contributed by atoms with Crippen LogP contribution in [-0.2, 0) is 12.8 Å². The molecule has 0 aliphatic heterocycles. The Kier molecular flexibility index (Phi) is 4.13. The summed E-state index contributed by atoms with van der Waals surface area (Å²) in [5.41, 5.74) is 3.52. The van der Waals surface area contributed by atoms with Crippen LogP contribution in [0.2, 0.25) is 0 Å². The van der Waals surface area contributed by atoms with Crippen molar-refractivity contribution in [2.75, 3.05) is 5.43 Å². The van der Waals surface area contributed by atoms with Gasteiger partial charge in [-0.05, 0) is 62.0 Å². The van der Waals surface area contributed by atoms with E-state index in [2.05, 4.69) is 17.3 Å². The van der Waals surface area contributed by atoms with Gasteiger partial charge in [0.1, 0.15) is 4.83 Å². The second-order valence-corrected chi connectivity index (χ2v) is 9.26. The Morgan fingerprint density at radius 1 is 1.40 bits per heavy atom. The van der Waals surface area contributed by atoms with Gasteiger partial charge in [0.15, 0.2) is 0 Å². The molecule has 1 atom stereocenters. The van der Waals surface area contributed by atoms with Gasteiger partial charge in [0.25, 0.3) is 11.5 Å². The largest absolute Gasteiger partial charge is 0.322 e. The molecular formula is C17H17N3O2S3. The first-order chi connectivity index (χ1) is 11.9. The molecule has 1 amide bonds. The molecule has 0 bridgehead atoms. The molecule has 3 aromatic heterocycles. The standard InChI is InChI=1S/C17H17N3O2S3/c1-8-3-5-10-12(7-8)25-15-13(10)16(22)20(17(23)18-15)19-14(21)11-6-4-9(2)24-11/h4,6,8H,3,5,7H2,1-2H3,(H,18,23)(H,19,21)/t8-/m0/s1. The van der Waals surface area contributed by atoms with E-state index >= 15 is 0 Å². The van der Waals surface area contributed by atoms with Crippen LogP contribution >= 0.6 is 34.9 Å². The number of nitrogens with one attached hydrogen (secondary N) is 2.